The first-order valence-electron chi connectivity index (χ1n) is 6.57. The molecule has 0 amide bonds. The monoisotopic (exact) mass is 255 g/mol. The number of nitrogens with one attached hydrogen (secondary N) is 1. The third kappa shape index (κ3) is 4.64. The Hall–Kier alpha value is -0.610. The maximum Gasteiger partial charge on any atom is 0.185 e. The van der Waals surface area contributed by atoms with E-state index in [1.54, 1.807) is 11.3 Å². The zero-order valence-corrected chi connectivity index (χ0v) is 12.3. The molecule has 98 valence electrons. The maximum atomic E-state index is 4.67. The average Bonchev–Trinajstić information content (AvgIpc) is 2.77. The number of nitrogens with zero attached hydrogens (tertiary/aromatic N) is 2. The SMILES string of the molecule is CCCNCc1csc(N(C)C(C)CCC)n1. The van der Waals surface area contributed by atoms with Crippen molar-refractivity contribution in [3.8, 4) is 0 Å². The maximum absolute atomic E-state index is 4.67. The van der Waals surface area contributed by atoms with Gasteiger partial charge in [0.1, 0.15) is 0 Å². The van der Waals surface area contributed by atoms with E-state index < -0.39 is 0 Å². The first-order chi connectivity index (χ1) is 8.19. The van der Waals surface area contributed by atoms with Crippen molar-refractivity contribution in [2.75, 3.05) is 18.5 Å². The van der Waals surface area contributed by atoms with Gasteiger partial charge < -0.3 is 10.2 Å². The van der Waals surface area contributed by atoms with Crippen molar-refractivity contribution in [2.24, 2.45) is 0 Å². The molecular weight excluding hydrogens is 230 g/mol. The summed E-state index contributed by atoms with van der Waals surface area (Å²) in [7, 11) is 2.14. The highest BCUT2D eigenvalue weighted by Gasteiger charge is 2.12. The van der Waals surface area contributed by atoms with Gasteiger partial charge in [-0.1, -0.05) is 20.3 Å². The van der Waals surface area contributed by atoms with Crippen LogP contribution in [0.1, 0.15) is 45.7 Å². The first kappa shape index (κ1) is 14.5. The lowest BCUT2D eigenvalue weighted by molar-refractivity contribution is 0.613. The van der Waals surface area contributed by atoms with E-state index in [1.807, 2.05) is 0 Å². The van der Waals surface area contributed by atoms with E-state index in [-0.39, 0.29) is 0 Å². The molecule has 0 aromatic carbocycles. The van der Waals surface area contributed by atoms with Gasteiger partial charge in [-0.15, -0.1) is 11.3 Å². The molecule has 1 N–H and O–H groups in total. The summed E-state index contributed by atoms with van der Waals surface area (Å²) in [4.78, 5) is 6.96. The van der Waals surface area contributed by atoms with Crippen LogP contribution in [0.15, 0.2) is 5.38 Å². The van der Waals surface area contributed by atoms with Crippen molar-refractivity contribution in [1.29, 1.82) is 0 Å². The van der Waals surface area contributed by atoms with Crippen LogP contribution >= 0.6 is 11.3 Å². The van der Waals surface area contributed by atoms with Crippen molar-refractivity contribution in [3.05, 3.63) is 11.1 Å². The summed E-state index contributed by atoms with van der Waals surface area (Å²) >= 11 is 1.74. The molecule has 0 bridgehead atoms. The van der Waals surface area contributed by atoms with E-state index in [2.05, 4.69) is 48.4 Å². The van der Waals surface area contributed by atoms with Crippen LogP contribution in [0.25, 0.3) is 0 Å². The average molecular weight is 255 g/mol. The van der Waals surface area contributed by atoms with Crippen molar-refractivity contribution in [2.45, 2.75) is 52.6 Å². The molecule has 0 radical (unpaired) electrons. The lowest BCUT2D eigenvalue weighted by Gasteiger charge is -2.23. The largest absolute Gasteiger partial charge is 0.348 e. The molecule has 0 fully saturated rings. The predicted octanol–water partition coefficient (Wildman–Crippen LogP) is 3.27. The van der Waals surface area contributed by atoms with Gasteiger partial charge in [-0.05, 0) is 26.3 Å². The van der Waals surface area contributed by atoms with Gasteiger partial charge in [-0.2, -0.15) is 0 Å². The van der Waals surface area contributed by atoms with Gasteiger partial charge in [0.25, 0.3) is 0 Å². The number of hydrogen-bond acceptors (Lipinski definition) is 4. The Balaban J connectivity index is 2.48. The second-order valence-corrected chi connectivity index (χ2v) is 5.38. The number of aromatic nitrogens is 1. The van der Waals surface area contributed by atoms with Crippen LogP contribution in [-0.2, 0) is 6.54 Å². The Morgan fingerprint density at radius 1 is 1.41 bits per heavy atom. The minimum atomic E-state index is 0.572. The third-order valence-corrected chi connectivity index (χ3v) is 3.92. The van der Waals surface area contributed by atoms with Crippen molar-refractivity contribution >= 4 is 16.5 Å². The fourth-order valence-electron chi connectivity index (χ4n) is 1.73. The summed E-state index contributed by atoms with van der Waals surface area (Å²) in [6, 6.07) is 0.572. The van der Waals surface area contributed by atoms with Gasteiger partial charge in [0.05, 0.1) is 5.69 Å². The predicted molar refractivity (Wildman–Crippen MR) is 76.9 cm³/mol. The van der Waals surface area contributed by atoms with Gasteiger partial charge in [0, 0.05) is 25.0 Å². The minimum Gasteiger partial charge on any atom is -0.348 e. The summed E-state index contributed by atoms with van der Waals surface area (Å²) in [5, 5.41) is 6.68. The van der Waals surface area contributed by atoms with E-state index in [4.69, 9.17) is 0 Å². The molecule has 1 heterocycles. The lowest BCUT2D eigenvalue weighted by Crippen LogP contribution is -2.28. The van der Waals surface area contributed by atoms with Crippen LogP contribution in [0.5, 0.6) is 0 Å². The summed E-state index contributed by atoms with van der Waals surface area (Å²) in [6.07, 6.45) is 3.62. The van der Waals surface area contributed by atoms with Gasteiger partial charge in [0.2, 0.25) is 0 Å². The molecular formula is C13H25N3S. The normalized spacial score (nSPS) is 12.7. The summed E-state index contributed by atoms with van der Waals surface area (Å²) < 4.78 is 0. The van der Waals surface area contributed by atoms with Gasteiger partial charge in [0.15, 0.2) is 5.13 Å². The fraction of sp³-hybridized carbons (Fsp3) is 0.769. The van der Waals surface area contributed by atoms with Crippen LogP contribution in [-0.4, -0.2) is 24.6 Å². The Bertz CT molecular complexity index is 311. The fourth-order valence-corrected chi connectivity index (χ4v) is 2.63. The number of hydrogen-bond donors (Lipinski definition) is 1. The van der Waals surface area contributed by atoms with Gasteiger partial charge in [-0.25, -0.2) is 4.98 Å². The molecule has 0 saturated carbocycles. The molecule has 17 heavy (non-hydrogen) atoms. The molecule has 0 saturated heterocycles. The number of anilines is 1. The summed E-state index contributed by atoms with van der Waals surface area (Å²) in [6.45, 7) is 8.63. The van der Waals surface area contributed by atoms with E-state index >= 15 is 0 Å². The summed E-state index contributed by atoms with van der Waals surface area (Å²) in [5.41, 5.74) is 1.16. The number of thiazole rings is 1. The Kier molecular flexibility index (Phi) is 6.52. The van der Waals surface area contributed by atoms with Crippen LogP contribution in [0.3, 0.4) is 0 Å². The Labute approximate surface area is 109 Å². The van der Waals surface area contributed by atoms with Crippen LogP contribution in [0.4, 0.5) is 5.13 Å². The van der Waals surface area contributed by atoms with Crippen molar-refractivity contribution in [1.82, 2.24) is 10.3 Å². The van der Waals surface area contributed by atoms with Crippen LogP contribution < -0.4 is 10.2 Å². The third-order valence-electron chi connectivity index (χ3n) is 2.94. The Morgan fingerprint density at radius 3 is 2.82 bits per heavy atom. The molecule has 1 unspecified atom stereocenters. The molecule has 3 nitrogen and oxygen atoms in total. The smallest absolute Gasteiger partial charge is 0.185 e. The van der Waals surface area contributed by atoms with E-state index in [1.165, 1.54) is 19.3 Å². The molecule has 4 heteroatoms. The second-order valence-electron chi connectivity index (χ2n) is 4.55. The molecule has 0 aliphatic heterocycles. The van der Waals surface area contributed by atoms with Crippen LogP contribution in [0.2, 0.25) is 0 Å². The molecule has 0 aliphatic rings. The van der Waals surface area contributed by atoms with Crippen molar-refractivity contribution in [3.63, 3.8) is 0 Å². The topological polar surface area (TPSA) is 28.2 Å². The number of rotatable bonds is 8. The highest BCUT2D eigenvalue weighted by Crippen LogP contribution is 2.22. The van der Waals surface area contributed by atoms with E-state index in [0.717, 1.165) is 23.9 Å². The minimum absolute atomic E-state index is 0.572. The standard InChI is InChI=1S/C13H25N3S/c1-5-7-11(3)16(4)13-15-12(10-17-13)9-14-8-6-2/h10-11,14H,5-9H2,1-4H3. The Morgan fingerprint density at radius 2 is 2.18 bits per heavy atom. The lowest BCUT2D eigenvalue weighted by atomic mass is 10.2. The molecule has 1 aromatic heterocycles. The molecule has 1 aromatic rings. The zero-order chi connectivity index (χ0) is 12.7. The molecule has 1 rings (SSSR count). The molecule has 1 atom stereocenters. The zero-order valence-electron chi connectivity index (χ0n) is 11.5. The van der Waals surface area contributed by atoms with Gasteiger partial charge in [-0.3, -0.25) is 0 Å². The molecule has 0 aliphatic carbocycles. The quantitative estimate of drug-likeness (QED) is 0.723. The first-order valence-corrected chi connectivity index (χ1v) is 7.44. The second kappa shape index (κ2) is 7.67. The van der Waals surface area contributed by atoms with Crippen LogP contribution in [0, 0.1) is 0 Å². The van der Waals surface area contributed by atoms with E-state index in [0.29, 0.717) is 6.04 Å². The molecule has 0 spiro atoms. The van der Waals surface area contributed by atoms with Crippen molar-refractivity contribution < 1.29 is 0 Å². The highest BCUT2D eigenvalue weighted by molar-refractivity contribution is 7.13. The highest BCUT2D eigenvalue weighted by atomic mass is 32.1. The summed E-state index contributed by atoms with van der Waals surface area (Å²) in [5.74, 6) is 0. The van der Waals surface area contributed by atoms with E-state index in [9.17, 15) is 0 Å². The van der Waals surface area contributed by atoms with Gasteiger partial charge >= 0.3 is 0 Å².